The molecule has 0 radical (unpaired) electrons. The van der Waals surface area contributed by atoms with Gasteiger partial charge in [0, 0.05) is 22.7 Å². The summed E-state index contributed by atoms with van der Waals surface area (Å²) in [6.07, 6.45) is 4.86. The lowest BCUT2D eigenvalue weighted by Gasteiger charge is -2.24. The van der Waals surface area contributed by atoms with Gasteiger partial charge in [0.2, 0.25) is 0 Å². The number of rotatable bonds is 8. The Morgan fingerprint density at radius 2 is 2.05 bits per heavy atom. The van der Waals surface area contributed by atoms with Gasteiger partial charge in [0.05, 0.1) is 12.8 Å². The molecule has 0 amide bonds. The van der Waals surface area contributed by atoms with Crippen molar-refractivity contribution in [1.29, 1.82) is 0 Å². The molecule has 20 heavy (non-hydrogen) atoms. The van der Waals surface area contributed by atoms with E-state index in [1.54, 1.807) is 6.20 Å². The van der Waals surface area contributed by atoms with Crippen molar-refractivity contribution in [2.75, 3.05) is 18.9 Å². The van der Waals surface area contributed by atoms with Gasteiger partial charge in [-0.15, -0.1) is 0 Å². The second kappa shape index (κ2) is 8.53. The van der Waals surface area contributed by atoms with E-state index in [4.69, 9.17) is 4.74 Å². The summed E-state index contributed by atoms with van der Waals surface area (Å²) in [7, 11) is 0. The Morgan fingerprint density at radius 3 is 2.65 bits per heavy atom. The molecule has 0 saturated heterocycles. The first kappa shape index (κ1) is 17.3. The van der Waals surface area contributed by atoms with Crippen molar-refractivity contribution in [1.82, 2.24) is 10.3 Å². The summed E-state index contributed by atoms with van der Waals surface area (Å²) in [5, 5.41) is 3.61. The van der Waals surface area contributed by atoms with E-state index in [9.17, 15) is 0 Å². The largest absolute Gasteiger partial charge is 0.492 e. The van der Waals surface area contributed by atoms with Crippen LogP contribution in [0.25, 0.3) is 0 Å². The summed E-state index contributed by atoms with van der Waals surface area (Å²) in [5.41, 5.74) is 1.21. The maximum absolute atomic E-state index is 5.55. The molecule has 3 nitrogen and oxygen atoms in total. The molecule has 1 aromatic rings. The molecule has 1 N–H and O–H groups in total. The lowest BCUT2D eigenvalue weighted by molar-refractivity contribution is 0.338. The van der Waals surface area contributed by atoms with E-state index < -0.39 is 0 Å². The molecular weight excluding hydrogens is 268 g/mol. The minimum absolute atomic E-state index is 0.275. The molecule has 0 aliphatic rings. The van der Waals surface area contributed by atoms with Gasteiger partial charge < -0.3 is 10.1 Å². The third-order valence-corrected chi connectivity index (χ3v) is 4.14. The topological polar surface area (TPSA) is 34.2 Å². The second-order valence-corrected chi connectivity index (χ2v) is 7.66. The third kappa shape index (κ3) is 6.62. The fourth-order valence-electron chi connectivity index (χ4n) is 1.80. The number of thioether (sulfide) groups is 1. The Kier molecular flexibility index (Phi) is 7.38. The van der Waals surface area contributed by atoms with Crippen molar-refractivity contribution in [2.24, 2.45) is 0 Å². The van der Waals surface area contributed by atoms with Crippen molar-refractivity contribution in [2.45, 2.75) is 51.8 Å². The molecule has 0 fully saturated rings. The Bertz CT molecular complexity index is 390. The van der Waals surface area contributed by atoms with Crippen LogP contribution < -0.4 is 10.1 Å². The lowest BCUT2D eigenvalue weighted by Crippen LogP contribution is -2.26. The zero-order valence-corrected chi connectivity index (χ0v) is 14.2. The normalized spacial score (nSPS) is 13.2. The predicted octanol–water partition coefficient (Wildman–Crippen LogP) is 4.05. The SMILES string of the molecule is CCCNC(CSC(C)(C)C)c1cncc(OCC)c1. The Labute approximate surface area is 127 Å². The van der Waals surface area contributed by atoms with Crippen LogP contribution in [0.3, 0.4) is 0 Å². The fourth-order valence-corrected chi connectivity index (χ4v) is 2.77. The van der Waals surface area contributed by atoms with Crippen LogP contribution >= 0.6 is 11.8 Å². The van der Waals surface area contributed by atoms with Crippen molar-refractivity contribution >= 4 is 11.8 Å². The minimum atomic E-state index is 0.275. The van der Waals surface area contributed by atoms with Crippen LogP contribution in [-0.4, -0.2) is 28.6 Å². The van der Waals surface area contributed by atoms with Crippen LogP contribution in [0, 0.1) is 0 Å². The predicted molar refractivity (Wildman–Crippen MR) is 88.7 cm³/mol. The molecule has 4 heteroatoms. The zero-order valence-electron chi connectivity index (χ0n) is 13.4. The van der Waals surface area contributed by atoms with Crippen LogP contribution in [0.15, 0.2) is 18.5 Å². The first-order valence-electron chi connectivity index (χ1n) is 7.41. The molecule has 1 heterocycles. The number of nitrogens with zero attached hydrogens (tertiary/aromatic N) is 1. The van der Waals surface area contributed by atoms with Gasteiger partial charge in [-0.2, -0.15) is 11.8 Å². The Hall–Kier alpha value is -0.740. The molecule has 114 valence electrons. The summed E-state index contributed by atoms with van der Waals surface area (Å²) in [6.45, 7) is 12.6. The van der Waals surface area contributed by atoms with Crippen molar-refractivity contribution in [3.8, 4) is 5.75 Å². The van der Waals surface area contributed by atoms with Crippen molar-refractivity contribution in [3.05, 3.63) is 24.0 Å². The summed E-state index contributed by atoms with van der Waals surface area (Å²) >= 11 is 1.98. The number of pyridine rings is 1. The summed E-state index contributed by atoms with van der Waals surface area (Å²) in [5.74, 6) is 1.90. The number of hydrogen-bond acceptors (Lipinski definition) is 4. The van der Waals surface area contributed by atoms with Gasteiger partial charge in [0.1, 0.15) is 5.75 Å². The average Bonchev–Trinajstić information content (AvgIpc) is 2.38. The smallest absolute Gasteiger partial charge is 0.137 e. The van der Waals surface area contributed by atoms with Crippen LogP contribution in [0.1, 0.15) is 52.6 Å². The standard InChI is InChI=1S/C16H28N2OS/c1-6-8-18-15(12-20-16(3,4)5)13-9-14(19-7-2)11-17-10-13/h9-11,15,18H,6-8,12H2,1-5H3. The van der Waals surface area contributed by atoms with Crippen molar-refractivity contribution < 1.29 is 4.74 Å². The minimum Gasteiger partial charge on any atom is -0.492 e. The molecule has 1 aromatic heterocycles. The van der Waals surface area contributed by atoms with E-state index in [-0.39, 0.29) is 4.75 Å². The highest BCUT2D eigenvalue weighted by Crippen LogP contribution is 2.29. The Morgan fingerprint density at radius 1 is 1.30 bits per heavy atom. The van der Waals surface area contributed by atoms with E-state index in [1.165, 1.54) is 5.56 Å². The van der Waals surface area contributed by atoms with E-state index in [0.717, 1.165) is 24.5 Å². The molecule has 0 bridgehead atoms. The number of hydrogen-bond donors (Lipinski definition) is 1. The number of aromatic nitrogens is 1. The average molecular weight is 296 g/mol. The van der Waals surface area contributed by atoms with Gasteiger partial charge in [0.15, 0.2) is 0 Å². The second-order valence-electron chi connectivity index (χ2n) is 5.82. The monoisotopic (exact) mass is 296 g/mol. The van der Waals surface area contributed by atoms with Crippen LogP contribution in [-0.2, 0) is 0 Å². The van der Waals surface area contributed by atoms with Crippen LogP contribution in [0.5, 0.6) is 5.75 Å². The van der Waals surface area contributed by atoms with Gasteiger partial charge in [-0.3, -0.25) is 4.98 Å². The maximum Gasteiger partial charge on any atom is 0.137 e. The number of ether oxygens (including phenoxy) is 1. The maximum atomic E-state index is 5.55. The van der Waals surface area contributed by atoms with Gasteiger partial charge in [-0.1, -0.05) is 27.7 Å². The highest BCUT2D eigenvalue weighted by Gasteiger charge is 2.17. The summed E-state index contributed by atoms with van der Waals surface area (Å²) in [6, 6.07) is 2.43. The molecule has 0 aliphatic carbocycles. The van der Waals surface area contributed by atoms with E-state index in [1.807, 2.05) is 24.9 Å². The van der Waals surface area contributed by atoms with Crippen molar-refractivity contribution in [3.63, 3.8) is 0 Å². The third-order valence-electron chi connectivity index (χ3n) is 2.77. The molecular formula is C16H28N2OS. The number of nitrogens with one attached hydrogen (secondary N) is 1. The molecule has 0 aliphatic heterocycles. The first-order valence-corrected chi connectivity index (χ1v) is 8.40. The molecule has 1 rings (SSSR count). The molecule has 1 atom stereocenters. The highest BCUT2D eigenvalue weighted by molar-refractivity contribution is 8.00. The summed E-state index contributed by atoms with van der Waals surface area (Å²) < 4.78 is 5.82. The molecule has 0 aromatic carbocycles. The van der Waals surface area contributed by atoms with Gasteiger partial charge >= 0.3 is 0 Å². The van der Waals surface area contributed by atoms with Crippen LogP contribution in [0.4, 0.5) is 0 Å². The zero-order chi connectivity index (χ0) is 15.0. The van der Waals surface area contributed by atoms with E-state index in [0.29, 0.717) is 12.6 Å². The fraction of sp³-hybridized carbons (Fsp3) is 0.688. The molecule has 1 unspecified atom stereocenters. The highest BCUT2D eigenvalue weighted by atomic mass is 32.2. The first-order chi connectivity index (χ1) is 9.46. The van der Waals surface area contributed by atoms with Gasteiger partial charge in [-0.25, -0.2) is 0 Å². The van der Waals surface area contributed by atoms with Crippen LogP contribution in [0.2, 0.25) is 0 Å². The Balaban J connectivity index is 2.77. The van der Waals surface area contributed by atoms with E-state index >= 15 is 0 Å². The molecule has 0 saturated carbocycles. The summed E-state index contributed by atoms with van der Waals surface area (Å²) in [4.78, 5) is 4.30. The van der Waals surface area contributed by atoms with Gasteiger partial charge in [0.25, 0.3) is 0 Å². The van der Waals surface area contributed by atoms with E-state index in [2.05, 4.69) is 44.1 Å². The van der Waals surface area contributed by atoms with Gasteiger partial charge in [-0.05, 0) is 31.5 Å². The molecule has 0 spiro atoms. The lowest BCUT2D eigenvalue weighted by atomic mass is 10.1. The quantitative estimate of drug-likeness (QED) is 0.784.